The van der Waals surface area contributed by atoms with E-state index in [1.54, 1.807) is 37.0 Å². The molecule has 10 heteroatoms. The number of nitrogens with zero attached hydrogens (tertiary/aromatic N) is 3. The number of aromatic amines is 1. The van der Waals surface area contributed by atoms with Gasteiger partial charge in [-0.15, -0.1) is 0 Å². The summed E-state index contributed by atoms with van der Waals surface area (Å²) in [7, 11) is 3.09. The number of anilines is 1. The van der Waals surface area contributed by atoms with Crippen LogP contribution >= 0.6 is 11.8 Å². The molecule has 2 heterocycles. The fourth-order valence-corrected chi connectivity index (χ4v) is 3.92. The van der Waals surface area contributed by atoms with E-state index < -0.39 is 0 Å². The van der Waals surface area contributed by atoms with Crippen LogP contribution in [-0.4, -0.2) is 45.4 Å². The Bertz CT molecular complexity index is 1310. The van der Waals surface area contributed by atoms with E-state index in [1.807, 2.05) is 31.2 Å². The zero-order valence-electron chi connectivity index (χ0n) is 17.7. The molecule has 0 saturated carbocycles. The summed E-state index contributed by atoms with van der Waals surface area (Å²) in [6, 6.07) is 12.9. The number of methoxy groups -OCH3 is 2. The lowest BCUT2D eigenvalue weighted by Gasteiger charge is -2.11. The SMILES string of the molecule is COc1cc(NC(=O)CSc2nc3c(=O)[nH]cnc3n2-c2ccc(C)cc2)cc(OC)c1. The first kappa shape index (κ1) is 21.4. The number of nitrogens with one attached hydrogen (secondary N) is 2. The van der Waals surface area contributed by atoms with Crippen LogP contribution in [0.5, 0.6) is 11.5 Å². The Balaban J connectivity index is 1.60. The van der Waals surface area contributed by atoms with Crippen LogP contribution in [0.2, 0.25) is 0 Å². The van der Waals surface area contributed by atoms with E-state index in [-0.39, 0.29) is 22.7 Å². The molecule has 164 valence electrons. The van der Waals surface area contributed by atoms with Crippen molar-refractivity contribution in [2.45, 2.75) is 12.1 Å². The van der Waals surface area contributed by atoms with Crippen LogP contribution in [0.25, 0.3) is 16.9 Å². The highest BCUT2D eigenvalue weighted by Gasteiger charge is 2.18. The summed E-state index contributed by atoms with van der Waals surface area (Å²) in [5.41, 5.74) is 2.77. The van der Waals surface area contributed by atoms with Gasteiger partial charge in [-0.3, -0.25) is 14.2 Å². The summed E-state index contributed by atoms with van der Waals surface area (Å²) in [5, 5.41) is 3.33. The molecule has 0 aliphatic carbocycles. The van der Waals surface area contributed by atoms with Crippen LogP contribution in [0.15, 0.2) is 58.7 Å². The van der Waals surface area contributed by atoms with Crippen molar-refractivity contribution in [3.8, 4) is 17.2 Å². The van der Waals surface area contributed by atoms with Crippen molar-refractivity contribution < 1.29 is 14.3 Å². The first-order valence-electron chi connectivity index (χ1n) is 9.67. The van der Waals surface area contributed by atoms with E-state index in [2.05, 4.69) is 20.3 Å². The molecule has 2 aromatic carbocycles. The number of hydrogen-bond donors (Lipinski definition) is 2. The average Bonchev–Trinajstić information content (AvgIpc) is 3.17. The van der Waals surface area contributed by atoms with Crippen molar-refractivity contribution in [1.29, 1.82) is 0 Å². The molecule has 2 N–H and O–H groups in total. The molecule has 0 spiro atoms. The Hall–Kier alpha value is -3.79. The van der Waals surface area contributed by atoms with Crippen molar-refractivity contribution in [2.24, 2.45) is 0 Å². The maximum Gasteiger partial charge on any atom is 0.278 e. The van der Waals surface area contributed by atoms with Crippen molar-refractivity contribution >= 4 is 34.5 Å². The highest BCUT2D eigenvalue weighted by Crippen LogP contribution is 2.28. The average molecular weight is 452 g/mol. The maximum atomic E-state index is 12.6. The number of fused-ring (bicyclic) bond motifs is 1. The van der Waals surface area contributed by atoms with E-state index in [0.29, 0.717) is 28.0 Å². The fourth-order valence-electron chi connectivity index (χ4n) is 3.11. The molecule has 9 nitrogen and oxygen atoms in total. The van der Waals surface area contributed by atoms with Gasteiger partial charge in [0.15, 0.2) is 16.3 Å². The number of H-pyrrole nitrogens is 1. The van der Waals surface area contributed by atoms with Crippen LogP contribution in [0.3, 0.4) is 0 Å². The number of aromatic nitrogens is 4. The van der Waals surface area contributed by atoms with E-state index in [9.17, 15) is 9.59 Å². The largest absolute Gasteiger partial charge is 0.497 e. The van der Waals surface area contributed by atoms with Crippen molar-refractivity contribution in [1.82, 2.24) is 19.5 Å². The Kier molecular flexibility index (Phi) is 6.13. The summed E-state index contributed by atoms with van der Waals surface area (Å²) >= 11 is 1.21. The maximum absolute atomic E-state index is 12.6. The van der Waals surface area contributed by atoms with Crippen LogP contribution in [0, 0.1) is 6.92 Å². The quantitative estimate of drug-likeness (QED) is 0.415. The Morgan fingerprint density at radius 2 is 1.81 bits per heavy atom. The van der Waals surface area contributed by atoms with Gasteiger partial charge < -0.3 is 19.8 Å². The van der Waals surface area contributed by atoms with Gasteiger partial charge in [0.2, 0.25) is 5.91 Å². The number of amides is 1. The second kappa shape index (κ2) is 9.15. The van der Waals surface area contributed by atoms with E-state index in [0.717, 1.165) is 11.3 Å². The van der Waals surface area contributed by atoms with Gasteiger partial charge >= 0.3 is 0 Å². The summed E-state index contributed by atoms with van der Waals surface area (Å²) in [5.74, 6) is 0.972. The van der Waals surface area contributed by atoms with Gasteiger partial charge in [0.25, 0.3) is 5.56 Å². The third kappa shape index (κ3) is 4.45. The Labute approximate surface area is 187 Å². The van der Waals surface area contributed by atoms with E-state index >= 15 is 0 Å². The van der Waals surface area contributed by atoms with Crippen LogP contribution in [-0.2, 0) is 4.79 Å². The van der Waals surface area contributed by atoms with Gasteiger partial charge in [-0.05, 0) is 19.1 Å². The van der Waals surface area contributed by atoms with Gasteiger partial charge in [-0.2, -0.15) is 0 Å². The molecule has 2 aromatic heterocycles. The molecule has 0 atom stereocenters. The molecule has 0 unspecified atom stereocenters. The minimum absolute atomic E-state index is 0.0760. The molecule has 4 rings (SSSR count). The lowest BCUT2D eigenvalue weighted by Crippen LogP contribution is -2.14. The molecule has 4 aromatic rings. The van der Waals surface area contributed by atoms with E-state index in [1.165, 1.54) is 18.1 Å². The molecule has 0 saturated heterocycles. The minimum Gasteiger partial charge on any atom is -0.497 e. The molecular weight excluding hydrogens is 430 g/mol. The van der Waals surface area contributed by atoms with Gasteiger partial charge in [-0.1, -0.05) is 29.5 Å². The second-order valence-corrected chi connectivity index (χ2v) is 7.85. The second-order valence-electron chi connectivity index (χ2n) is 6.91. The summed E-state index contributed by atoms with van der Waals surface area (Å²) < 4.78 is 12.2. The first-order valence-corrected chi connectivity index (χ1v) is 10.7. The lowest BCUT2D eigenvalue weighted by atomic mass is 10.2. The third-order valence-electron chi connectivity index (χ3n) is 4.68. The molecule has 1 amide bonds. The predicted molar refractivity (Wildman–Crippen MR) is 123 cm³/mol. The van der Waals surface area contributed by atoms with Crippen molar-refractivity contribution in [3.05, 3.63) is 64.7 Å². The zero-order chi connectivity index (χ0) is 22.7. The number of hydrogen-bond acceptors (Lipinski definition) is 7. The topological polar surface area (TPSA) is 111 Å². The number of aryl methyl sites for hydroxylation is 1. The molecule has 0 aliphatic rings. The Morgan fingerprint density at radius 1 is 1.12 bits per heavy atom. The molecule has 0 aliphatic heterocycles. The molecule has 0 radical (unpaired) electrons. The fraction of sp³-hybridized carbons (Fsp3) is 0.182. The summed E-state index contributed by atoms with van der Waals surface area (Å²) in [6.07, 6.45) is 1.34. The normalized spacial score (nSPS) is 10.8. The number of carbonyl (C=O) groups excluding carboxylic acids is 1. The third-order valence-corrected chi connectivity index (χ3v) is 5.62. The van der Waals surface area contributed by atoms with Crippen molar-refractivity contribution in [2.75, 3.05) is 25.3 Å². The summed E-state index contributed by atoms with van der Waals surface area (Å²) in [4.78, 5) is 36.2. The van der Waals surface area contributed by atoms with Gasteiger partial charge in [0.05, 0.1) is 26.3 Å². The van der Waals surface area contributed by atoms with Crippen LogP contribution in [0.4, 0.5) is 5.69 Å². The first-order chi connectivity index (χ1) is 15.5. The molecule has 0 bridgehead atoms. The highest BCUT2D eigenvalue weighted by atomic mass is 32.2. The van der Waals surface area contributed by atoms with E-state index in [4.69, 9.17) is 9.47 Å². The number of benzene rings is 2. The zero-order valence-corrected chi connectivity index (χ0v) is 18.5. The number of ether oxygens (including phenoxy) is 2. The number of carbonyl (C=O) groups is 1. The Morgan fingerprint density at radius 3 is 2.47 bits per heavy atom. The molecular formula is C22H21N5O4S. The number of imidazole rings is 1. The number of rotatable bonds is 7. The summed E-state index contributed by atoms with van der Waals surface area (Å²) in [6.45, 7) is 1.99. The molecule has 0 fully saturated rings. The van der Waals surface area contributed by atoms with Crippen LogP contribution in [0.1, 0.15) is 5.56 Å². The monoisotopic (exact) mass is 451 g/mol. The smallest absolute Gasteiger partial charge is 0.278 e. The minimum atomic E-state index is -0.337. The van der Waals surface area contributed by atoms with Gasteiger partial charge in [0.1, 0.15) is 11.5 Å². The van der Waals surface area contributed by atoms with Gasteiger partial charge in [-0.25, -0.2) is 9.97 Å². The van der Waals surface area contributed by atoms with Crippen molar-refractivity contribution in [3.63, 3.8) is 0 Å². The standard InChI is InChI=1S/C22H21N5O4S/c1-13-4-6-15(7-5-13)27-20-19(21(29)24-12-23-20)26-22(27)32-11-18(28)25-14-8-16(30-2)10-17(9-14)31-3/h4-10,12H,11H2,1-3H3,(H,25,28)(H,23,24,29). The predicted octanol–water partition coefficient (Wildman–Crippen LogP) is 3.17. The van der Waals surface area contributed by atoms with Crippen LogP contribution < -0.4 is 20.3 Å². The lowest BCUT2D eigenvalue weighted by molar-refractivity contribution is -0.113. The van der Waals surface area contributed by atoms with Gasteiger partial charge in [0, 0.05) is 29.6 Å². The molecule has 32 heavy (non-hydrogen) atoms. The number of thioether (sulfide) groups is 1. The highest BCUT2D eigenvalue weighted by molar-refractivity contribution is 7.99.